The van der Waals surface area contributed by atoms with Crippen molar-refractivity contribution in [3.05, 3.63) is 60.3 Å². The van der Waals surface area contributed by atoms with Gasteiger partial charge >= 0.3 is 0 Å². The molecular formula is C18H21N5O. The number of nitrogens with zero attached hydrogens (tertiary/aromatic N) is 3. The van der Waals surface area contributed by atoms with E-state index in [4.69, 9.17) is 0 Å². The molecule has 0 unspecified atom stereocenters. The van der Waals surface area contributed by atoms with Gasteiger partial charge < -0.3 is 10.3 Å². The number of rotatable bonds is 6. The molecule has 1 aromatic carbocycles. The number of aromatic nitrogens is 4. The Morgan fingerprint density at radius 2 is 2.08 bits per heavy atom. The maximum absolute atomic E-state index is 12.2. The Balaban J connectivity index is 1.68. The van der Waals surface area contributed by atoms with Crippen molar-refractivity contribution in [3.8, 4) is 11.3 Å². The molecule has 0 aliphatic rings. The van der Waals surface area contributed by atoms with Crippen LogP contribution in [0.4, 0.5) is 0 Å². The molecule has 2 heterocycles. The third-order valence-electron chi connectivity index (χ3n) is 3.82. The molecule has 6 nitrogen and oxygen atoms in total. The molecule has 0 fully saturated rings. The molecule has 24 heavy (non-hydrogen) atoms. The summed E-state index contributed by atoms with van der Waals surface area (Å²) in [5.74, 6) is 0.684. The van der Waals surface area contributed by atoms with Crippen molar-refractivity contribution in [2.45, 2.75) is 32.9 Å². The van der Waals surface area contributed by atoms with E-state index in [9.17, 15) is 4.79 Å². The van der Waals surface area contributed by atoms with E-state index < -0.39 is 0 Å². The van der Waals surface area contributed by atoms with Gasteiger partial charge in [0.2, 0.25) is 5.91 Å². The van der Waals surface area contributed by atoms with E-state index in [2.05, 4.69) is 20.4 Å². The molecule has 1 atom stereocenters. The highest BCUT2D eigenvalue weighted by molar-refractivity contribution is 5.76. The van der Waals surface area contributed by atoms with Crippen LogP contribution in [0.25, 0.3) is 11.3 Å². The fourth-order valence-electron chi connectivity index (χ4n) is 2.58. The molecule has 0 aliphatic heterocycles. The second-order valence-corrected chi connectivity index (χ2v) is 5.79. The molecule has 6 heteroatoms. The van der Waals surface area contributed by atoms with Crippen molar-refractivity contribution in [2.24, 2.45) is 0 Å². The first-order chi connectivity index (χ1) is 11.7. The summed E-state index contributed by atoms with van der Waals surface area (Å²) in [5, 5.41) is 7.15. The molecule has 3 rings (SSSR count). The number of hydrogen-bond donors (Lipinski definition) is 2. The summed E-state index contributed by atoms with van der Waals surface area (Å²) in [7, 11) is 0. The van der Waals surface area contributed by atoms with Gasteiger partial charge in [0.25, 0.3) is 0 Å². The molecule has 0 aliphatic carbocycles. The van der Waals surface area contributed by atoms with Gasteiger partial charge in [-0.15, -0.1) is 0 Å². The van der Waals surface area contributed by atoms with Gasteiger partial charge in [0.15, 0.2) is 0 Å². The predicted molar refractivity (Wildman–Crippen MR) is 92.2 cm³/mol. The third-order valence-corrected chi connectivity index (χ3v) is 3.82. The van der Waals surface area contributed by atoms with Crippen LogP contribution in [0.15, 0.2) is 48.9 Å². The summed E-state index contributed by atoms with van der Waals surface area (Å²) in [5.41, 5.74) is 3.05. The average Bonchev–Trinajstić information content (AvgIpc) is 3.23. The number of aromatic amines is 1. The topological polar surface area (TPSA) is 75.6 Å². The SMILES string of the molecule is CC[C@@H](NC(=O)Cn1cc(C)cn1)c1ncc(-c2ccccc2)[nH]1. The Hall–Kier alpha value is -2.89. The Labute approximate surface area is 140 Å². The summed E-state index contributed by atoms with van der Waals surface area (Å²) < 4.78 is 1.63. The smallest absolute Gasteiger partial charge is 0.242 e. The minimum absolute atomic E-state index is 0.0809. The van der Waals surface area contributed by atoms with Crippen LogP contribution in [0.2, 0.25) is 0 Å². The Morgan fingerprint density at radius 3 is 2.75 bits per heavy atom. The standard InChI is InChI=1S/C18H21N5O/c1-3-15(21-17(24)12-23-11-13(2)9-20-23)18-19-10-16(22-18)14-7-5-4-6-8-14/h4-11,15H,3,12H2,1-2H3,(H,19,22)(H,21,24)/t15-/m1/s1. The molecule has 0 bridgehead atoms. The fourth-order valence-corrected chi connectivity index (χ4v) is 2.58. The van der Waals surface area contributed by atoms with Gasteiger partial charge in [-0.3, -0.25) is 9.48 Å². The largest absolute Gasteiger partial charge is 0.345 e. The van der Waals surface area contributed by atoms with Crippen LogP contribution in [0.1, 0.15) is 30.8 Å². The van der Waals surface area contributed by atoms with Crippen LogP contribution in [0.3, 0.4) is 0 Å². The molecule has 0 saturated heterocycles. The third kappa shape index (κ3) is 3.71. The lowest BCUT2D eigenvalue weighted by molar-refractivity contribution is -0.122. The van der Waals surface area contributed by atoms with Gasteiger partial charge in [-0.1, -0.05) is 37.3 Å². The highest BCUT2D eigenvalue weighted by atomic mass is 16.2. The number of carbonyl (C=O) groups excluding carboxylic acids is 1. The number of aryl methyl sites for hydroxylation is 1. The minimum atomic E-state index is -0.147. The lowest BCUT2D eigenvalue weighted by Gasteiger charge is -2.14. The quantitative estimate of drug-likeness (QED) is 0.732. The van der Waals surface area contributed by atoms with Crippen LogP contribution >= 0.6 is 0 Å². The number of hydrogen-bond acceptors (Lipinski definition) is 3. The molecule has 0 radical (unpaired) electrons. The zero-order valence-corrected chi connectivity index (χ0v) is 13.9. The first-order valence-corrected chi connectivity index (χ1v) is 8.04. The maximum Gasteiger partial charge on any atom is 0.242 e. The first kappa shape index (κ1) is 16.0. The van der Waals surface area contributed by atoms with Crippen LogP contribution in [0, 0.1) is 6.92 Å². The predicted octanol–water partition coefficient (Wildman–Crippen LogP) is 2.85. The van der Waals surface area contributed by atoms with Crippen molar-refractivity contribution >= 4 is 5.91 Å². The monoisotopic (exact) mass is 323 g/mol. The van der Waals surface area contributed by atoms with Crippen LogP contribution < -0.4 is 5.32 Å². The lowest BCUT2D eigenvalue weighted by atomic mass is 10.2. The zero-order valence-electron chi connectivity index (χ0n) is 13.9. The lowest BCUT2D eigenvalue weighted by Crippen LogP contribution is -2.32. The number of benzene rings is 1. The number of carbonyl (C=O) groups is 1. The van der Waals surface area contributed by atoms with Crippen molar-refractivity contribution in [3.63, 3.8) is 0 Å². The van der Waals surface area contributed by atoms with E-state index in [1.165, 1.54) is 0 Å². The second kappa shape index (κ2) is 7.12. The van der Waals surface area contributed by atoms with Crippen LogP contribution in [-0.2, 0) is 11.3 Å². The number of imidazole rings is 1. The second-order valence-electron chi connectivity index (χ2n) is 5.79. The zero-order chi connectivity index (χ0) is 16.9. The molecule has 124 valence electrons. The molecule has 2 N–H and O–H groups in total. The van der Waals surface area contributed by atoms with E-state index in [1.807, 2.05) is 50.4 Å². The summed E-state index contributed by atoms with van der Waals surface area (Å²) in [6, 6.07) is 9.86. The normalized spacial score (nSPS) is 12.1. The van der Waals surface area contributed by atoms with E-state index >= 15 is 0 Å². The first-order valence-electron chi connectivity index (χ1n) is 8.04. The number of amides is 1. The number of H-pyrrole nitrogens is 1. The Kier molecular flexibility index (Phi) is 4.74. The van der Waals surface area contributed by atoms with Crippen molar-refractivity contribution in [1.29, 1.82) is 0 Å². The van der Waals surface area contributed by atoms with Gasteiger partial charge in [-0.05, 0) is 24.5 Å². The summed E-state index contributed by atoms with van der Waals surface area (Å²) >= 11 is 0. The Morgan fingerprint density at radius 1 is 1.29 bits per heavy atom. The Bertz CT molecular complexity index is 806. The van der Waals surface area contributed by atoms with Crippen molar-refractivity contribution in [1.82, 2.24) is 25.1 Å². The molecular weight excluding hydrogens is 302 g/mol. The highest BCUT2D eigenvalue weighted by Crippen LogP contribution is 2.20. The van der Waals surface area contributed by atoms with Crippen molar-refractivity contribution < 1.29 is 4.79 Å². The summed E-state index contributed by atoms with van der Waals surface area (Å²) in [4.78, 5) is 20.0. The van der Waals surface area contributed by atoms with Gasteiger partial charge in [-0.25, -0.2) is 4.98 Å². The van der Waals surface area contributed by atoms with Gasteiger partial charge in [0, 0.05) is 6.20 Å². The van der Waals surface area contributed by atoms with E-state index in [0.717, 1.165) is 29.1 Å². The van der Waals surface area contributed by atoms with Crippen LogP contribution in [-0.4, -0.2) is 25.7 Å². The van der Waals surface area contributed by atoms with E-state index in [0.29, 0.717) is 0 Å². The highest BCUT2D eigenvalue weighted by Gasteiger charge is 2.16. The van der Waals surface area contributed by atoms with Gasteiger partial charge in [0.05, 0.1) is 24.1 Å². The van der Waals surface area contributed by atoms with E-state index in [1.54, 1.807) is 17.1 Å². The molecule has 3 aromatic rings. The maximum atomic E-state index is 12.2. The van der Waals surface area contributed by atoms with Crippen molar-refractivity contribution in [2.75, 3.05) is 0 Å². The van der Waals surface area contributed by atoms with Crippen LogP contribution in [0.5, 0.6) is 0 Å². The average molecular weight is 323 g/mol. The minimum Gasteiger partial charge on any atom is -0.345 e. The molecule has 2 aromatic heterocycles. The molecule has 0 spiro atoms. The molecule has 1 amide bonds. The summed E-state index contributed by atoms with van der Waals surface area (Å²) in [6.07, 6.45) is 6.14. The molecule has 0 saturated carbocycles. The van der Waals surface area contributed by atoms with Gasteiger partial charge in [-0.2, -0.15) is 5.10 Å². The summed E-state index contributed by atoms with van der Waals surface area (Å²) in [6.45, 7) is 4.18. The van der Waals surface area contributed by atoms with Gasteiger partial charge in [0.1, 0.15) is 12.4 Å². The number of nitrogens with one attached hydrogen (secondary N) is 2. The van der Waals surface area contributed by atoms with E-state index in [-0.39, 0.29) is 18.5 Å². The fraction of sp³-hybridized carbons (Fsp3) is 0.278.